The maximum Gasteiger partial charge on any atom is 0.314 e. The third-order valence-electron chi connectivity index (χ3n) is 4.87. The molecule has 1 aliphatic heterocycles. The molecule has 1 saturated carbocycles. The lowest BCUT2D eigenvalue weighted by Crippen LogP contribution is -2.51. The second-order valence-corrected chi connectivity index (χ2v) is 6.20. The largest absolute Gasteiger partial charge is 0.376 e. The Morgan fingerprint density at radius 2 is 2.38 bits per heavy atom. The van der Waals surface area contributed by atoms with E-state index in [1.165, 1.54) is 6.42 Å². The molecule has 2 aliphatic rings. The van der Waals surface area contributed by atoms with E-state index in [9.17, 15) is 4.79 Å². The molecular weight excluding hydrogens is 268 g/mol. The number of aryl methyl sites for hydroxylation is 1. The van der Waals surface area contributed by atoms with Crippen molar-refractivity contribution in [1.82, 2.24) is 20.2 Å². The number of amides is 2. The fraction of sp³-hybridized carbons (Fsp3) is 0.733. The van der Waals surface area contributed by atoms with Crippen molar-refractivity contribution in [2.75, 3.05) is 20.2 Å². The summed E-state index contributed by atoms with van der Waals surface area (Å²) in [7, 11) is 1.73. The molecule has 0 unspecified atom stereocenters. The van der Waals surface area contributed by atoms with E-state index in [0.29, 0.717) is 19.0 Å². The summed E-state index contributed by atoms with van der Waals surface area (Å²) < 4.78 is 7.69. The van der Waals surface area contributed by atoms with Gasteiger partial charge in [0.15, 0.2) is 0 Å². The van der Waals surface area contributed by atoms with Gasteiger partial charge in [0.1, 0.15) is 5.82 Å². The minimum absolute atomic E-state index is 0.0905. The minimum Gasteiger partial charge on any atom is -0.376 e. The van der Waals surface area contributed by atoms with E-state index in [2.05, 4.69) is 20.2 Å². The van der Waals surface area contributed by atoms with E-state index in [4.69, 9.17) is 4.74 Å². The van der Waals surface area contributed by atoms with Gasteiger partial charge in [0, 0.05) is 45.6 Å². The zero-order valence-corrected chi connectivity index (χ0v) is 12.6. The second-order valence-electron chi connectivity index (χ2n) is 6.20. The number of aromatic nitrogens is 2. The molecule has 0 spiro atoms. The van der Waals surface area contributed by atoms with Crippen LogP contribution in [0.2, 0.25) is 0 Å². The van der Waals surface area contributed by atoms with Crippen molar-refractivity contribution in [3.63, 3.8) is 0 Å². The Kier molecular flexibility index (Phi) is 4.14. The lowest BCUT2D eigenvalue weighted by atomic mass is 9.80. The van der Waals surface area contributed by atoms with Crippen molar-refractivity contribution in [2.24, 2.45) is 5.92 Å². The zero-order chi connectivity index (χ0) is 14.7. The van der Waals surface area contributed by atoms with Crippen LogP contribution in [0.15, 0.2) is 12.4 Å². The molecule has 0 aromatic carbocycles. The standard InChI is InChI=1S/C15H24N4O2/c1-21-15(4-2-5-15)11-18-14(20)17-10-12-3-7-19-8-6-16-13(19)9-12/h6,8,12H,2-5,7,9-11H2,1H3,(H2,17,18,20)/t12-/m1/s1. The first-order valence-corrected chi connectivity index (χ1v) is 7.78. The number of ether oxygens (including phenoxy) is 1. The SMILES string of the molecule is COC1(CNC(=O)NC[C@@H]2CCn3ccnc3C2)CCC1. The number of carbonyl (C=O) groups is 1. The molecule has 1 fully saturated rings. The summed E-state index contributed by atoms with van der Waals surface area (Å²) in [5, 5.41) is 5.91. The lowest BCUT2D eigenvalue weighted by Gasteiger charge is -2.40. The number of hydrogen-bond donors (Lipinski definition) is 2. The molecule has 2 amide bonds. The maximum atomic E-state index is 11.9. The minimum atomic E-state index is -0.118. The molecule has 1 aromatic rings. The first-order chi connectivity index (χ1) is 10.2. The van der Waals surface area contributed by atoms with Gasteiger partial charge in [0.2, 0.25) is 0 Å². The molecule has 3 rings (SSSR count). The number of nitrogens with one attached hydrogen (secondary N) is 2. The van der Waals surface area contributed by atoms with Gasteiger partial charge in [-0.25, -0.2) is 9.78 Å². The van der Waals surface area contributed by atoms with Crippen molar-refractivity contribution in [2.45, 2.75) is 44.2 Å². The summed E-state index contributed by atoms with van der Waals surface area (Å²) in [6, 6.07) is -0.0905. The first-order valence-electron chi connectivity index (χ1n) is 7.78. The Balaban J connectivity index is 1.38. The zero-order valence-electron chi connectivity index (χ0n) is 12.6. The van der Waals surface area contributed by atoms with Crippen LogP contribution in [0.1, 0.15) is 31.5 Å². The fourth-order valence-corrected chi connectivity index (χ4v) is 3.15. The molecule has 0 bridgehead atoms. The van der Waals surface area contributed by atoms with Gasteiger partial charge in [-0.05, 0) is 31.6 Å². The normalized spacial score (nSPS) is 23.0. The number of imidazole rings is 1. The van der Waals surface area contributed by atoms with Crippen molar-refractivity contribution in [3.05, 3.63) is 18.2 Å². The van der Waals surface area contributed by atoms with Crippen molar-refractivity contribution >= 4 is 6.03 Å². The monoisotopic (exact) mass is 292 g/mol. The van der Waals surface area contributed by atoms with E-state index in [1.54, 1.807) is 7.11 Å². The van der Waals surface area contributed by atoms with Gasteiger partial charge >= 0.3 is 6.03 Å². The van der Waals surface area contributed by atoms with Crippen LogP contribution in [-0.4, -0.2) is 41.4 Å². The van der Waals surface area contributed by atoms with Gasteiger partial charge in [0.05, 0.1) is 5.60 Å². The van der Waals surface area contributed by atoms with Crippen LogP contribution >= 0.6 is 0 Å². The average molecular weight is 292 g/mol. The molecular formula is C15H24N4O2. The van der Waals surface area contributed by atoms with E-state index < -0.39 is 0 Å². The van der Waals surface area contributed by atoms with Crippen molar-refractivity contribution in [3.8, 4) is 0 Å². The molecule has 1 aromatic heterocycles. The van der Waals surface area contributed by atoms with E-state index >= 15 is 0 Å². The van der Waals surface area contributed by atoms with Gasteiger partial charge in [-0.15, -0.1) is 0 Å². The number of rotatable bonds is 5. The third kappa shape index (κ3) is 3.20. The number of urea groups is 1. The van der Waals surface area contributed by atoms with Gasteiger partial charge in [-0.2, -0.15) is 0 Å². The molecule has 6 heteroatoms. The lowest BCUT2D eigenvalue weighted by molar-refractivity contribution is -0.0674. The van der Waals surface area contributed by atoms with E-state index in [0.717, 1.165) is 38.1 Å². The highest BCUT2D eigenvalue weighted by atomic mass is 16.5. The van der Waals surface area contributed by atoms with Crippen LogP contribution < -0.4 is 10.6 Å². The number of nitrogens with zero attached hydrogens (tertiary/aromatic N) is 2. The summed E-state index contributed by atoms with van der Waals surface area (Å²) in [5.74, 6) is 1.60. The number of fused-ring (bicyclic) bond motifs is 1. The van der Waals surface area contributed by atoms with Crippen molar-refractivity contribution in [1.29, 1.82) is 0 Å². The molecule has 2 N–H and O–H groups in total. The number of hydrogen-bond acceptors (Lipinski definition) is 3. The number of methoxy groups -OCH3 is 1. The molecule has 0 radical (unpaired) electrons. The van der Waals surface area contributed by atoms with Crippen LogP contribution in [0.5, 0.6) is 0 Å². The highest BCUT2D eigenvalue weighted by Crippen LogP contribution is 2.34. The van der Waals surface area contributed by atoms with Gasteiger partial charge in [-0.3, -0.25) is 0 Å². The predicted octanol–water partition coefficient (Wildman–Crippen LogP) is 1.31. The smallest absolute Gasteiger partial charge is 0.314 e. The molecule has 2 heterocycles. The highest BCUT2D eigenvalue weighted by Gasteiger charge is 2.37. The Morgan fingerprint density at radius 3 is 3.10 bits per heavy atom. The summed E-state index contributed by atoms with van der Waals surface area (Å²) in [4.78, 5) is 16.2. The fourth-order valence-electron chi connectivity index (χ4n) is 3.15. The van der Waals surface area contributed by atoms with Crippen LogP contribution in [-0.2, 0) is 17.7 Å². The summed E-state index contributed by atoms with van der Waals surface area (Å²) in [6.45, 7) is 2.30. The number of carbonyl (C=O) groups excluding carboxylic acids is 1. The van der Waals surface area contributed by atoms with Crippen LogP contribution in [0, 0.1) is 5.92 Å². The van der Waals surface area contributed by atoms with Crippen LogP contribution in [0.3, 0.4) is 0 Å². The average Bonchev–Trinajstić information content (AvgIpc) is 2.92. The van der Waals surface area contributed by atoms with Crippen LogP contribution in [0.25, 0.3) is 0 Å². The third-order valence-corrected chi connectivity index (χ3v) is 4.87. The molecule has 116 valence electrons. The Bertz CT molecular complexity index is 490. The van der Waals surface area contributed by atoms with E-state index in [1.807, 2.05) is 12.4 Å². The first kappa shape index (κ1) is 14.4. The quantitative estimate of drug-likeness (QED) is 0.860. The predicted molar refractivity (Wildman–Crippen MR) is 79.0 cm³/mol. The molecule has 0 saturated heterocycles. The molecule has 1 aliphatic carbocycles. The Labute approximate surface area is 125 Å². The molecule has 21 heavy (non-hydrogen) atoms. The van der Waals surface area contributed by atoms with E-state index in [-0.39, 0.29) is 11.6 Å². The van der Waals surface area contributed by atoms with Crippen LogP contribution in [0.4, 0.5) is 4.79 Å². The summed E-state index contributed by atoms with van der Waals surface area (Å²) in [6.07, 6.45) is 9.16. The summed E-state index contributed by atoms with van der Waals surface area (Å²) >= 11 is 0. The molecule has 1 atom stereocenters. The topological polar surface area (TPSA) is 68.2 Å². The van der Waals surface area contributed by atoms with Gasteiger partial charge in [-0.1, -0.05) is 0 Å². The second kappa shape index (κ2) is 6.05. The molecule has 6 nitrogen and oxygen atoms in total. The summed E-state index contributed by atoms with van der Waals surface area (Å²) in [5.41, 5.74) is -0.118. The maximum absolute atomic E-state index is 11.9. The highest BCUT2D eigenvalue weighted by molar-refractivity contribution is 5.73. The Morgan fingerprint density at radius 1 is 1.52 bits per heavy atom. The van der Waals surface area contributed by atoms with Gasteiger partial charge in [0.25, 0.3) is 0 Å². The van der Waals surface area contributed by atoms with Gasteiger partial charge < -0.3 is 19.9 Å². The Hall–Kier alpha value is -1.56. The van der Waals surface area contributed by atoms with Crippen molar-refractivity contribution < 1.29 is 9.53 Å².